The number of aliphatic carboxylic acids is 1. The predicted octanol–water partition coefficient (Wildman–Crippen LogP) is 2.69. The van der Waals surface area contributed by atoms with Gasteiger partial charge in [-0.25, -0.2) is 4.79 Å². The Morgan fingerprint density at radius 2 is 1.90 bits per heavy atom. The molecule has 0 aliphatic rings. The van der Waals surface area contributed by atoms with Crippen molar-refractivity contribution in [1.29, 1.82) is 0 Å². The fraction of sp³-hybridized carbons (Fsp3) is 0.333. The molecule has 5 heteroatoms. The molecule has 0 unspecified atom stereocenters. The first-order valence-corrected chi connectivity index (χ1v) is 6.42. The third-order valence-electron chi connectivity index (χ3n) is 2.46. The number of anilines is 1. The molecule has 1 aromatic carbocycles. The highest BCUT2D eigenvalue weighted by Gasteiger charge is 2.00. The maximum atomic E-state index is 11.4. The van der Waals surface area contributed by atoms with Crippen LogP contribution < -0.4 is 10.1 Å². The van der Waals surface area contributed by atoms with Crippen LogP contribution in [0.1, 0.15) is 20.3 Å². The smallest absolute Gasteiger partial charge is 0.328 e. The van der Waals surface area contributed by atoms with E-state index in [2.05, 4.69) is 19.2 Å². The normalized spacial score (nSPS) is 10.8. The van der Waals surface area contributed by atoms with Crippen LogP contribution in [0.15, 0.2) is 36.4 Å². The van der Waals surface area contributed by atoms with Crippen molar-refractivity contribution in [2.45, 2.75) is 20.3 Å². The highest BCUT2D eigenvalue weighted by molar-refractivity contribution is 6.02. The molecule has 0 saturated heterocycles. The second-order valence-electron chi connectivity index (χ2n) is 4.72. The summed E-state index contributed by atoms with van der Waals surface area (Å²) in [5.74, 6) is -0.311. The molecule has 0 radical (unpaired) electrons. The third kappa shape index (κ3) is 6.58. The molecule has 108 valence electrons. The van der Waals surface area contributed by atoms with Crippen LogP contribution in [0.25, 0.3) is 0 Å². The standard InChI is InChI=1S/C15H19NO4/c1-11(2)9-10-20-13-5-3-12(4-6-13)16-14(17)7-8-15(18)19/h3-8,11H,9-10H2,1-2H3,(H,16,17)(H,18,19). The van der Waals surface area contributed by atoms with Crippen molar-refractivity contribution in [2.24, 2.45) is 5.92 Å². The Morgan fingerprint density at radius 1 is 1.25 bits per heavy atom. The van der Waals surface area contributed by atoms with E-state index >= 15 is 0 Å². The van der Waals surface area contributed by atoms with Crippen molar-refractivity contribution in [3.8, 4) is 5.75 Å². The van der Waals surface area contributed by atoms with Crippen LogP contribution >= 0.6 is 0 Å². The van der Waals surface area contributed by atoms with Crippen LogP contribution in [-0.4, -0.2) is 23.6 Å². The van der Waals surface area contributed by atoms with Gasteiger partial charge in [-0.05, 0) is 36.6 Å². The Balaban J connectivity index is 2.46. The van der Waals surface area contributed by atoms with E-state index in [1.807, 2.05) is 0 Å². The summed E-state index contributed by atoms with van der Waals surface area (Å²) in [5.41, 5.74) is 0.584. The zero-order chi connectivity index (χ0) is 15.0. The van der Waals surface area contributed by atoms with Gasteiger partial charge < -0.3 is 15.2 Å². The molecule has 0 spiro atoms. The number of benzene rings is 1. The summed E-state index contributed by atoms with van der Waals surface area (Å²) >= 11 is 0. The molecule has 2 N–H and O–H groups in total. The van der Waals surface area contributed by atoms with Gasteiger partial charge in [0.2, 0.25) is 5.91 Å². The number of carboxylic acid groups (broad SMARTS) is 1. The highest BCUT2D eigenvalue weighted by Crippen LogP contribution is 2.16. The quantitative estimate of drug-likeness (QED) is 0.751. The molecule has 0 fully saturated rings. The van der Waals surface area contributed by atoms with E-state index in [4.69, 9.17) is 9.84 Å². The van der Waals surface area contributed by atoms with Crippen LogP contribution in [0, 0.1) is 5.92 Å². The van der Waals surface area contributed by atoms with Gasteiger partial charge in [-0.15, -0.1) is 0 Å². The molecule has 1 aromatic rings. The van der Waals surface area contributed by atoms with E-state index in [-0.39, 0.29) is 0 Å². The Morgan fingerprint density at radius 3 is 2.45 bits per heavy atom. The van der Waals surface area contributed by atoms with Gasteiger partial charge >= 0.3 is 5.97 Å². The number of amides is 1. The summed E-state index contributed by atoms with van der Waals surface area (Å²) in [6.45, 7) is 4.92. The van der Waals surface area contributed by atoms with Crippen molar-refractivity contribution in [3.05, 3.63) is 36.4 Å². The van der Waals surface area contributed by atoms with Crippen molar-refractivity contribution >= 4 is 17.6 Å². The molecule has 1 amide bonds. The van der Waals surface area contributed by atoms with Crippen molar-refractivity contribution in [2.75, 3.05) is 11.9 Å². The Hall–Kier alpha value is -2.30. The molecule has 20 heavy (non-hydrogen) atoms. The first kappa shape index (κ1) is 15.8. The van der Waals surface area contributed by atoms with E-state index < -0.39 is 11.9 Å². The lowest BCUT2D eigenvalue weighted by Gasteiger charge is -2.09. The van der Waals surface area contributed by atoms with E-state index in [0.717, 1.165) is 24.3 Å². The minimum absolute atomic E-state index is 0.485. The maximum Gasteiger partial charge on any atom is 0.328 e. The first-order chi connectivity index (χ1) is 9.47. The molecule has 0 heterocycles. The van der Waals surface area contributed by atoms with Crippen molar-refractivity contribution in [1.82, 2.24) is 0 Å². The summed E-state index contributed by atoms with van der Waals surface area (Å²) in [7, 11) is 0. The van der Waals surface area contributed by atoms with Gasteiger partial charge in [0.05, 0.1) is 6.61 Å². The Kier molecular flexibility index (Phi) is 6.29. The second-order valence-corrected chi connectivity index (χ2v) is 4.72. The number of nitrogens with one attached hydrogen (secondary N) is 1. The number of hydrogen-bond donors (Lipinski definition) is 2. The maximum absolute atomic E-state index is 11.4. The zero-order valence-corrected chi connectivity index (χ0v) is 11.6. The lowest BCUT2D eigenvalue weighted by atomic mass is 10.1. The predicted molar refractivity (Wildman–Crippen MR) is 76.8 cm³/mol. The molecule has 0 aliphatic carbocycles. The van der Waals surface area contributed by atoms with Gasteiger partial charge in [-0.1, -0.05) is 13.8 Å². The van der Waals surface area contributed by atoms with E-state index in [0.29, 0.717) is 18.2 Å². The van der Waals surface area contributed by atoms with Gasteiger partial charge in [0, 0.05) is 17.8 Å². The van der Waals surface area contributed by atoms with Gasteiger partial charge in [0.1, 0.15) is 5.75 Å². The topological polar surface area (TPSA) is 75.6 Å². The van der Waals surface area contributed by atoms with Gasteiger partial charge in [-0.2, -0.15) is 0 Å². The summed E-state index contributed by atoms with van der Waals surface area (Å²) in [6.07, 6.45) is 2.74. The number of carboxylic acids is 1. The molecule has 5 nitrogen and oxygen atoms in total. The number of hydrogen-bond acceptors (Lipinski definition) is 3. The summed E-state index contributed by atoms with van der Waals surface area (Å²) < 4.78 is 5.55. The first-order valence-electron chi connectivity index (χ1n) is 6.42. The minimum Gasteiger partial charge on any atom is -0.494 e. The monoisotopic (exact) mass is 277 g/mol. The number of carbonyl (C=O) groups excluding carboxylic acids is 1. The van der Waals surface area contributed by atoms with Crippen molar-refractivity contribution < 1.29 is 19.4 Å². The highest BCUT2D eigenvalue weighted by atomic mass is 16.5. The lowest BCUT2D eigenvalue weighted by Crippen LogP contribution is -2.08. The fourth-order valence-electron chi connectivity index (χ4n) is 1.38. The average Bonchev–Trinajstić information content (AvgIpc) is 2.38. The second kappa shape index (κ2) is 7.99. The summed E-state index contributed by atoms with van der Waals surface area (Å²) in [4.78, 5) is 21.6. The largest absolute Gasteiger partial charge is 0.494 e. The van der Waals surface area contributed by atoms with E-state index in [1.165, 1.54) is 0 Å². The van der Waals surface area contributed by atoms with E-state index in [9.17, 15) is 9.59 Å². The third-order valence-corrected chi connectivity index (χ3v) is 2.46. The Bertz CT molecular complexity index is 477. The lowest BCUT2D eigenvalue weighted by molar-refractivity contribution is -0.131. The molecular weight excluding hydrogens is 258 g/mol. The molecule has 1 rings (SSSR count). The fourth-order valence-corrected chi connectivity index (χ4v) is 1.38. The Labute approximate surface area is 118 Å². The molecular formula is C15H19NO4. The minimum atomic E-state index is -1.16. The SMILES string of the molecule is CC(C)CCOc1ccc(NC(=O)C=CC(=O)O)cc1. The summed E-state index contributed by atoms with van der Waals surface area (Å²) in [6, 6.07) is 6.93. The van der Waals surface area contributed by atoms with Crippen LogP contribution in [0.2, 0.25) is 0 Å². The van der Waals surface area contributed by atoms with E-state index in [1.54, 1.807) is 24.3 Å². The van der Waals surface area contributed by atoms with Crippen LogP contribution in [0.4, 0.5) is 5.69 Å². The van der Waals surface area contributed by atoms with Crippen LogP contribution in [0.3, 0.4) is 0 Å². The van der Waals surface area contributed by atoms with Crippen molar-refractivity contribution in [3.63, 3.8) is 0 Å². The molecule has 0 aliphatic heterocycles. The molecule has 0 saturated carbocycles. The molecule has 0 atom stereocenters. The summed E-state index contributed by atoms with van der Waals surface area (Å²) in [5, 5.41) is 11.0. The van der Waals surface area contributed by atoms with Crippen LogP contribution in [-0.2, 0) is 9.59 Å². The number of rotatable bonds is 7. The molecule has 0 bridgehead atoms. The number of carbonyl (C=O) groups is 2. The number of ether oxygens (including phenoxy) is 1. The van der Waals surface area contributed by atoms with Gasteiger partial charge in [0.15, 0.2) is 0 Å². The zero-order valence-electron chi connectivity index (χ0n) is 11.6. The van der Waals surface area contributed by atoms with Crippen LogP contribution in [0.5, 0.6) is 5.75 Å². The van der Waals surface area contributed by atoms with Gasteiger partial charge in [0.25, 0.3) is 0 Å². The van der Waals surface area contributed by atoms with Gasteiger partial charge in [-0.3, -0.25) is 4.79 Å². The average molecular weight is 277 g/mol. The molecule has 0 aromatic heterocycles.